The van der Waals surface area contributed by atoms with Crippen LogP contribution in [0.4, 0.5) is 4.79 Å². The summed E-state index contributed by atoms with van der Waals surface area (Å²) in [5, 5.41) is 17.2. The van der Waals surface area contributed by atoms with Crippen molar-refractivity contribution < 1.29 is 24.5 Å². The van der Waals surface area contributed by atoms with E-state index in [0.29, 0.717) is 0 Å². The number of amides is 1. The lowest BCUT2D eigenvalue weighted by Crippen LogP contribution is -2.41. The van der Waals surface area contributed by atoms with Gasteiger partial charge in [0.1, 0.15) is 12.1 Å². The lowest BCUT2D eigenvalue weighted by molar-refractivity contribution is -0.138. The number of aliphatic hydroxyl groups excluding tert-OH is 1. The molecule has 0 aromatic rings. The third-order valence-electron chi connectivity index (χ3n) is 1.35. The Kier molecular flexibility index (Phi) is 5.07. The average molecular weight is 219 g/mol. The zero-order valence-electron chi connectivity index (χ0n) is 9.19. The van der Waals surface area contributed by atoms with Gasteiger partial charge < -0.3 is 14.9 Å². The fourth-order valence-electron chi connectivity index (χ4n) is 0.845. The summed E-state index contributed by atoms with van der Waals surface area (Å²) in [6.45, 7) is 4.22. The van der Waals surface area contributed by atoms with Gasteiger partial charge in [-0.2, -0.15) is 0 Å². The molecule has 0 unspecified atom stereocenters. The van der Waals surface area contributed by atoms with E-state index in [1.165, 1.54) is 0 Å². The molecular weight excluding hydrogens is 202 g/mol. The third-order valence-corrected chi connectivity index (χ3v) is 1.35. The topological polar surface area (TPSA) is 87.1 Å². The van der Waals surface area contributed by atoms with Crippen molar-refractivity contribution in [3.8, 4) is 0 Å². The van der Waals surface area contributed by atoms with E-state index in [0.717, 1.165) is 4.90 Å². The Morgan fingerprint density at radius 1 is 1.33 bits per heavy atom. The Labute approximate surface area is 88.4 Å². The molecule has 0 fully saturated rings. The van der Waals surface area contributed by atoms with E-state index in [1.54, 1.807) is 20.8 Å². The molecule has 0 aliphatic carbocycles. The second-order valence-corrected chi connectivity index (χ2v) is 4.02. The van der Waals surface area contributed by atoms with Gasteiger partial charge in [-0.1, -0.05) is 0 Å². The highest BCUT2D eigenvalue weighted by Crippen LogP contribution is 2.09. The van der Waals surface area contributed by atoms with Crippen molar-refractivity contribution in [2.45, 2.75) is 26.4 Å². The maximum atomic E-state index is 11.4. The zero-order chi connectivity index (χ0) is 12.1. The quantitative estimate of drug-likeness (QED) is 0.710. The molecule has 6 heteroatoms. The van der Waals surface area contributed by atoms with Gasteiger partial charge >= 0.3 is 12.1 Å². The summed E-state index contributed by atoms with van der Waals surface area (Å²) in [6, 6.07) is 0. The SMILES string of the molecule is CC(C)(C)OC(=O)N(CCO)CC(=O)O. The van der Waals surface area contributed by atoms with Crippen LogP contribution in [0.1, 0.15) is 20.8 Å². The molecule has 0 saturated carbocycles. The minimum Gasteiger partial charge on any atom is -0.480 e. The molecule has 0 aromatic carbocycles. The van der Waals surface area contributed by atoms with Crippen LogP contribution in [0.2, 0.25) is 0 Å². The highest BCUT2D eigenvalue weighted by molar-refractivity contribution is 5.76. The molecule has 0 radical (unpaired) electrons. The van der Waals surface area contributed by atoms with Crippen LogP contribution >= 0.6 is 0 Å². The number of carboxylic acids is 1. The van der Waals surface area contributed by atoms with Crippen molar-refractivity contribution in [2.24, 2.45) is 0 Å². The number of hydrogen-bond donors (Lipinski definition) is 2. The first-order valence-corrected chi connectivity index (χ1v) is 4.57. The number of aliphatic hydroxyl groups is 1. The molecule has 0 rings (SSSR count). The second-order valence-electron chi connectivity index (χ2n) is 4.02. The summed E-state index contributed by atoms with van der Waals surface area (Å²) in [5.41, 5.74) is -0.677. The van der Waals surface area contributed by atoms with Gasteiger partial charge in [-0.05, 0) is 20.8 Å². The molecule has 0 spiro atoms. The maximum Gasteiger partial charge on any atom is 0.410 e. The van der Waals surface area contributed by atoms with Crippen LogP contribution in [0, 0.1) is 0 Å². The number of carbonyl (C=O) groups excluding carboxylic acids is 1. The predicted octanol–water partition coefficient (Wildman–Crippen LogP) is 0.300. The van der Waals surface area contributed by atoms with Crippen LogP contribution in [0.25, 0.3) is 0 Å². The number of ether oxygens (including phenoxy) is 1. The molecule has 0 aromatic heterocycles. The predicted molar refractivity (Wildman–Crippen MR) is 52.5 cm³/mol. The number of nitrogens with zero attached hydrogens (tertiary/aromatic N) is 1. The number of carboxylic acid groups (broad SMARTS) is 1. The number of hydrogen-bond acceptors (Lipinski definition) is 4. The molecule has 0 aliphatic heterocycles. The standard InChI is InChI=1S/C9H17NO5/c1-9(2,3)15-8(14)10(4-5-11)6-7(12)13/h11H,4-6H2,1-3H3,(H,12,13). The van der Waals surface area contributed by atoms with Crippen LogP contribution in [0.5, 0.6) is 0 Å². The van der Waals surface area contributed by atoms with Gasteiger partial charge in [0.2, 0.25) is 0 Å². The van der Waals surface area contributed by atoms with Crippen molar-refractivity contribution in [3.05, 3.63) is 0 Å². The normalized spacial score (nSPS) is 10.9. The summed E-state index contributed by atoms with van der Waals surface area (Å²) in [6.07, 6.45) is -0.737. The first kappa shape index (κ1) is 13.7. The molecule has 0 atom stereocenters. The summed E-state index contributed by atoms with van der Waals surface area (Å²) in [4.78, 5) is 22.8. The van der Waals surface area contributed by atoms with Gasteiger partial charge in [0.15, 0.2) is 0 Å². The Morgan fingerprint density at radius 2 is 1.87 bits per heavy atom. The van der Waals surface area contributed by atoms with Gasteiger partial charge in [0.05, 0.1) is 6.61 Å². The summed E-state index contributed by atoms with van der Waals surface area (Å²) < 4.78 is 4.97. The smallest absolute Gasteiger partial charge is 0.410 e. The van der Waals surface area contributed by atoms with Crippen molar-refractivity contribution in [2.75, 3.05) is 19.7 Å². The molecule has 6 nitrogen and oxygen atoms in total. The largest absolute Gasteiger partial charge is 0.480 e. The van der Waals surface area contributed by atoms with Gasteiger partial charge in [0, 0.05) is 6.54 Å². The summed E-state index contributed by atoms with van der Waals surface area (Å²) >= 11 is 0. The molecule has 1 amide bonds. The zero-order valence-corrected chi connectivity index (χ0v) is 9.19. The van der Waals surface area contributed by atoms with E-state index < -0.39 is 24.2 Å². The molecule has 0 aliphatic rings. The Morgan fingerprint density at radius 3 is 2.20 bits per heavy atom. The fourth-order valence-corrected chi connectivity index (χ4v) is 0.845. The average Bonchev–Trinajstić information content (AvgIpc) is 1.99. The minimum absolute atomic E-state index is 0.0544. The molecule has 15 heavy (non-hydrogen) atoms. The Balaban J connectivity index is 4.35. The van der Waals surface area contributed by atoms with Crippen molar-refractivity contribution in [3.63, 3.8) is 0 Å². The van der Waals surface area contributed by atoms with Crippen LogP contribution in [-0.4, -0.2) is 52.5 Å². The van der Waals surface area contributed by atoms with Crippen LogP contribution in [-0.2, 0) is 9.53 Å². The minimum atomic E-state index is -1.14. The molecule has 0 saturated heterocycles. The lowest BCUT2D eigenvalue weighted by atomic mass is 10.2. The van der Waals surface area contributed by atoms with E-state index in [9.17, 15) is 9.59 Å². The van der Waals surface area contributed by atoms with Crippen LogP contribution < -0.4 is 0 Å². The molecule has 2 N–H and O–H groups in total. The van der Waals surface area contributed by atoms with Gasteiger partial charge in [0.25, 0.3) is 0 Å². The molecular formula is C9H17NO5. The first-order valence-electron chi connectivity index (χ1n) is 4.57. The monoisotopic (exact) mass is 219 g/mol. The highest BCUT2D eigenvalue weighted by Gasteiger charge is 2.23. The van der Waals surface area contributed by atoms with Crippen molar-refractivity contribution >= 4 is 12.1 Å². The van der Waals surface area contributed by atoms with E-state index >= 15 is 0 Å². The van der Waals surface area contributed by atoms with Crippen molar-refractivity contribution in [1.29, 1.82) is 0 Å². The fraction of sp³-hybridized carbons (Fsp3) is 0.778. The number of carbonyl (C=O) groups is 2. The summed E-state index contributed by atoms with van der Waals surface area (Å²) in [7, 11) is 0. The third kappa shape index (κ3) is 6.73. The summed E-state index contributed by atoms with van der Waals surface area (Å²) in [5.74, 6) is -1.14. The van der Waals surface area contributed by atoms with Crippen LogP contribution in [0.3, 0.4) is 0 Å². The maximum absolute atomic E-state index is 11.4. The number of rotatable bonds is 4. The van der Waals surface area contributed by atoms with Gasteiger partial charge in [-0.15, -0.1) is 0 Å². The number of aliphatic carboxylic acids is 1. The Hall–Kier alpha value is -1.30. The second kappa shape index (κ2) is 5.55. The van der Waals surface area contributed by atoms with E-state index in [1.807, 2.05) is 0 Å². The van der Waals surface area contributed by atoms with Gasteiger partial charge in [-0.3, -0.25) is 9.69 Å². The van der Waals surface area contributed by atoms with E-state index in [2.05, 4.69) is 0 Å². The first-order chi connectivity index (χ1) is 6.76. The van der Waals surface area contributed by atoms with E-state index in [4.69, 9.17) is 14.9 Å². The molecule has 0 bridgehead atoms. The Bertz CT molecular complexity index is 233. The van der Waals surface area contributed by atoms with Crippen LogP contribution in [0.15, 0.2) is 0 Å². The lowest BCUT2D eigenvalue weighted by Gasteiger charge is -2.25. The van der Waals surface area contributed by atoms with Gasteiger partial charge in [-0.25, -0.2) is 4.79 Å². The highest BCUT2D eigenvalue weighted by atomic mass is 16.6. The molecule has 88 valence electrons. The molecule has 0 heterocycles. The van der Waals surface area contributed by atoms with E-state index in [-0.39, 0.29) is 13.2 Å². The van der Waals surface area contributed by atoms with Crippen molar-refractivity contribution in [1.82, 2.24) is 4.90 Å².